The molecule has 0 bridgehead atoms. The number of thiophene rings is 1. The summed E-state index contributed by atoms with van der Waals surface area (Å²) in [5, 5.41) is 2.59. The van der Waals surface area contributed by atoms with Gasteiger partial charge in [-0.05, 0) is 71.3 Å². The van der Waals surface area contributed by atoms with E-state index in [0.29, 0.717) is 23.7 Å². The van der Waals surface area contributed by atoms with E-state index in [1.54, 1.807) is 52.6 Å². The number of carbonyl (C=O) groups excluding carboxylic acids is 2. The third kappa shape index (κ3) is 5.28. The van der Waals surface area contributed by atoms with Crippen LogP contribution >= 0.6 is 22.9 Å². The average Bonchev–Trinajstić information content (AvgIpc) is 3.27. The van der Waals surface area contributed by atoms with Crippen LogP contribution in [0, 0.1) is 11.7 Å². The van der Waals surface area contributed by atoms with Crippen molar-refractivity contribution >= 4 is 34.8 Å². The molecule has 0 aliphatic carbocycles. The van der Waals surface area contributed by atoms with E-state index in [9.17, 15) is 14.0 Å². The minimum atomic E-state index is -0.311. The second-order valence-electron chi connectivity index (χ2n) is 8.68. The van der Waals surface area contributed by atoms with Gasteiger partial charge in [0.1, 0.15) is 12.4 Å². The normalized spacial score (nSPS) is 15.4. The molecule has 172 valence electrons. The Balaban J connectivity index is 1.61. The zero-order valence-electron chi connectivity index (χ0n) is 18.6. The number of benzene rings is 2. The fraction of sp³-hybridized carbons (Fsp3) is 0.308. The van der Waals surface area contributed by atoms with Crippen molar-refractivity contribution in [1.29, 1.82) is 0 Å². The number of hydrogen-bond acceptors (Lipinski definition) is 3. The van der Waals surface area contributed by atoms with Crippen molar-refractivity contribution in [3.05, 3.63) is 92.4 Å². The molecule has 3 aromatic rings. The fourth-order valence-electron chi connectivity index (χ4n) is 4.28. The quantitative estimate of drug-likeness (QED) is 0.442. The summed E-state index contributed by atoms with van der Waals surface area (Å²) < 4.78 is 13.6. The highest BCUT2D eigenvalue weighted by molar-refractivity contribution is 7.10. The summed E-state index contributed by atoms with van der Waals surface area (Å²) in [5.41, 5.74) is 2.44. The largest absolute Gasteiger partial charge is 0.330 e. The van der Waals surface area contributed by atoms with Crippen molar-refractivity contribution in [3.8, 4) is 0 Å². The molecule has 0 N–H and O–H groups in total. The van der Waals surface area contributed by atoms with Crippen LogP contribution in [0.4, 0.5) is 4.39 Å². The van der Waals surface area contributed by atoms with Gasteiger partial charge in [0.2, 0.25) is 5.91 Å². The van der Waals surface area contributed by atoms with E-state index in [4.69, 9.17) is 11.6 Å². The van der Waals surface area contributed by atoms with E-state index < -0.39 is 0 Å². The molecular formula is C26H26ClFN2O2S. The number of rotatable bonds is 6. The Bertz CT molecular complexity index is 1130. The minimum absolute atomic E-state index is 0.0171. The summed E-state index contributed by atoms with van der Waals surface area (Å²) in [6.07, 6.45) is 0.770. The first kappa shape index (κ1) is 23.5. The number of amides is 2. The Hall–Kier alpha value is -2.70. The molecule has 33 heavy (non-hydrogen) atoms. The topological polar surface area (TPSA) is 40.6 Å². The molecule has 1 aliphatic heterocycles. The van der Waals surface area contributed by atoms with Crippen LogP contribution in [0.15, 0.2) is 60.0 Å². The number of nitrogens with zero attached hydrogens (tertiary/aromatic N) is 2. The van der Waals surface area contributed by atoms with Crippen molar-refractivity contribution in [1.82, 2.24) is 9.80 Å². The summed E-state index contributed by atoms with van der Waals surface area (Å²) in [4.78, 5) is 31.5. The molecule has 0 spiro atoms. The molecule has 1 unspecified atom stereocenters. The molecule has 0 saturated heterocycles. The summed E-state index contributed by atoms with van der Waals surface area (Å²) in [7, 11) is 0. The lowest BCUT2D eigenvalue weighted by atomic mass is 9.93. The van der Waals surface area contributed by atoms with Crippen LogP contribution in [0.25, 0.3) is 0 Å². The number of carbonyl (C=O) groups is 2. The summed E-state index contributed by atoms with van der Waals surface area (Å²) in [6.45, 7) is 5.04. The Labute approximate surface area is 202 Å². The fourth-order valence-corrected chi connectivity index (χ4v) is 5.31. The highest BCUT2D eigenvalue weighted by atomic mass is 35.5. The molecule has 1 atom stereocenters. The van der Waals surface area contributed by atoms with Crippen LogP contribution in [0.1, 0.15) is 46.3 Å². The molecule has 0 radical (unpaired) electrons. The zero-order valence-corrected chi connectivity index (χ0v) is 20.2. The molecule has 2 heterocycles. The van der Waals surface area contributed by atoms with Gasteiger partial charge in [-0.15, -0.1) is 11.3 Å². The van der Waals surface area contributed by atoms with Gasteiger partial charge >= 0.3 is 0 Å². The van der Waals surface area contributed by atoms with E-state index in [1.165, 1.54) is 17.0 Å². The summed E-state index contributed by atoms with van der Waals surface area (Å²) in [5.74, 6) is -0.425. The second-order valence-corrected chi connectivity index (χ2v) is 10.1. The maximum Gasteiger partial charge on any atom is 0.254 e. The van der Waals surface area contributed by atoms with Crippen molar-refractivity contribution in [3.63, 3.8) is 0 Å². The van der Waals surface area contributed by atoms with Gasteiger partial charge < -0.3 is 9.80 Å². The van der Waals surface area contributed by atoms with Crippen molar-refractivity contribution in [2.45, 2.75) is 26.3 Å². The molecule has 4 nitrogen and oxygen atoms in total. The molecule has 0 fully saturated rings. The first-order valence-corrected chi connectivity index (χ1v) is 12.2. The van der Waals surface area contributed by atoms with E-state index in [2.05, 4.69) is 0 Å². The lowest BCUT2D eigenvalue weighted by molar-refractivity contribution is -0.134. The Morgan fingerprint density at radius 1 is 1.12 bits per heavy atom. The molecule has 1 aromatic heterocycles. The van der Waals surface area contributed by atoms with E-state index in [1.807, 2.05) is 30.2 Å². The van der Waals surface area contributed by atoms with Gasteiger partial charge in [0.25, 0.3) is 5.91 Å². The standard InChI is InChI=1S/C26H26ClFN2O2S/c1-17(2)15-29(26(32)19-3-7-20(27)8-4-19)16-24(31)30-13-11-23-22(12-14-33-23)25(30)18-5-9-21(28)10-6-18/h3-10,12,14,17,25H,11,13,15-16H2,1-2H3. The summed E-state index contributed by atoms with van der Waals surface area (Å²) >= 11 is 7.65. The molecule has 1 aliphatic rings. The van der Waals surface area contributed by atoms with Crippen LogP contribution in [0.2, 0.25) is 5.02 Å². The lowest BCUT2D eigenvalue weighted by Crippen LogP contribution is -2.47. The van der Waals surface area contributed by atoms with Crippen LogP contribution in [-0.4, -0.2) is 41.2 Å². The first-order valence-electron chi connectivity index (χ1n) is 11.0. The van der Waals surface area contributed by atoms with Gasteiger partial charge in [-0.25, -0.2) is 4.39 Å². The van der Waals surface area contributed by atoms with Crippen LogP contribution in [0.3, 0.4) is 0 Å². The van der Waals surface area contributed by atoms with Gasteiger partial charge in [0.15, 0.2) is 0 Å². The molecular weight excluding hydrogens is 459 g/mol. The maximum absolute atomic E-state index is 13.6. The van der Waals surface area contributed by atoms with Crippen molar-refractivity contribution < 1.29 is 14.0 Å². The van der Waals surface area contributed by atoms with Gasteiger partial charge in [0.05, 0.1) is 6.04 Å². The second kappa shape index (κ2) is 10.1. The van der Waals surface area contributed by atoms with Gasteiger partial charge in [0, 0.05) is 28.6 Å². The Morgan fingerprint density at radius 2 is 1.82 bits per heavy atom. The molecule has 4 rings (SSSR count). The van der Waals surface area contributed by atoms with E-state index in [-0.39, 0.29) is 36.1 Å². The predicted octanol–water partition coefficient (Wildman–Crippen LogP) is 5.81. The maximum atomic E-state index is 13.6. The number of fused-ring (bicyclic) bond motifs is 1. The lowest BCUT2D eigenvalue weighted by Gasteiger charge is -2.38. The molecule has 2 amide bonds. The molecule has 2 aromatic carbocycles. The SMILES string of the molecule is CC(C)CN(CC(=O)N1CCc2sccc2C1c1ccc(F)cc1)C(=O)c1ccc(Cl)cc1. The van der Waals surface area contributed by atoms with Gasteiger partial charge in [-0.2, -0.15) is 0 Å². The van der Waals surface area contributed by atoms with Crippen LogP contribution < -0.4 is 0 Å². The molecule has 0 saturated carbocycles. The third-order valence-corrected chi connectivity index (χ3v) is 7.01. The van der Waals surface area contributed by atoms with Crippen molar-refractivity contribution in [2.75, 3.05) is 19.6 Å². The minimum Gasteiger partial charge on any atom is -0.330 e. The van der Waals surface area contributed by atoms with E-state index in [0.717, 1.165) is 17.5 Å². The monoisotopic (exact) mass is 484 g/mol. The first-order chi connectivity index (χ1) is 15.8. The highest BCUT2D eigenvalue weighted by Crippen LogP contribution is 2.38. The smallest absolute Gasteiger partial charge is 0.254 e. The van der Waals surface area contributed by atoms with Crippen LogP contribution in [0.5, 0.6) is 0 Å². The Morgan fingerprint density at radius 3 is 2.48 bits per heavy atom. The molecule has 7 heteroatoms. The van der Waals surface area contributed by atoms with E-state index >= 15 is 0 Å². The van der Waals surface area contributed by atoms with Gasteiger partial charge in [-0.1, -0.05) is 37.6 Å². The number of hydrogen-bond donors (Lipinski definition) is 0. The average molecular weight is 485 g/mol. The Kier molecular flexibility index (Phi) is 7.15. The van der Waals surface area contributed by atoms with Crippen LogP contribution in [-0.2, 0) is 11.2 Å². The predicted molar refractivity (Wildman–Crippen MR) is 130 cm³/mol. The zero-order chi connectivity index (χ0) is 23.5. The highest BCUT2D eigenvalue weighted by Gasteiger charge is 2.34. The van der Waals surface area contributed by atoms with Crippen molar-refractivity contribution in [2.24, 2.45) is 5.92 Å². The van der Waals surface area contributed by atoms with Gasteiger partial charge in [-0.3, -0.25) is 9.59 Å². The summed E-state index contributed by atoms with van der Waals surface area (Å²) in [6, 6.07) is 14.8. The third-order valence-electron chi connectivity index (χ3n) is 5.76. The number of halogens is 2.